The number of thiophene rings is 1. The Hall–Kier alpha value is -2.51. The maximum atomic E-state index is 12.9. The summed E-state index contributed by atoms with van der Waals surface area (Å²) in [5.41, 5.74) is 1.93. The summed E-state index contributed by atoms with van der Waals surface area (Å²) >= 11 is 3.21. The monoisotopic (exact) mass is 380 g/mol. The number of rotatable bonds is 5. The molecule has 26 heavy (non-hydrogen) atoms. The zero-order valence-electron chi connectivity index (χ0n) is 13.9. The molecule has 7 heteroatoms. The van der Waals surface area contributed by atoms with Crippen molar-refractivity contribution < 1.29 is 0 Å². The summed E-state index contributed by atoms with van der Waals surface area (Å²) in [5, 5.41) is 9.63. The Morgan fingerprint density at radius 2 is 1.92 bits per heavy atom. The van der Waals surface area contributed by atoms with Gasteiger partial charge in [-0.1, -0.05) is 36.4 Å². The second kappa shape index (κ2) is 6.34. The Balaban J connectivity index is 1.49. The average Bonchev–Trinajstić information content (AvgIpc) is 3.08. The summed E-state index contributed by atoms with van der Waals surface area (Å²) in [6.07, 6.45) is 2.11. The minimum Gasteiger partial charge on any atom is -0.271 e. The lowest BCUT2D eigenvalue weighted by Gasteiger charge is -1.99. The molecule has 0 saturated heterocycles. The topological polar surface area (TPSA) is 52.7 Å². The fourth-order valence-corrected chi connectivity index (χ4v) is 4.53. The molecule has 3 aromatic heterocycles. The van der Waals surface area contributed by atoms with Crippen molar-refractivity contribution >= 4 is 22.7 Å². The molecule has 5 nitrogen and oxygen atoms in total. The van der Waals surface area contributed by atoms with Crippen molar-refractivity contribution in [3.8, 4) is 21.3 Å². The molecule has 0 spiro atoms. The van der Waals surface area contributed by atoms with Crippen LogP contribution in [0.15, 0.2) is 58.0 Å². The van der Waals surface area contributed by atoms with E-state index in [0.29, 0.717) is 12.6 Å². The van der Waals surface area contributed by atoms with E-state index in [2.05, 4.69) is 5.10 Å². The highest BCUT2D eigenvalue weighted by Gasteiger charge is 2.30. The largest absolute Gasteiger partial charge is 0.346 e. The third-order valence-electron chi connectivity index (χ3n) is 4.41. The highest BCUT2D eigenvalue weighted by molar-refractivity contribution is 7.13. The first-order chi connectivity index (χ1) is 12.8. The molecule has 1 aliphatic carbocycles. The second-order valence-electron chi connectivity index (χ2n) is 6.35. The fraction of sp³-hybridized carbons (Fsp3) is 0.211. The van der Waals surface area contributed by atoms with Crippen molar-refractivity contribution in [2.75, 3.05) is 0 Å². The summed E-state index contributed by atoms with van der Waals surface area (Å²) < 4.78 is 3.41. The van der Waals surface area contributed by atoms with Gasteiger partial charge in [0.15, 0.2) is 5.82 Å². The maximum Gasteiger partial charge on any atom is 0.346 e. The molecule has 5 rings (SSSR count). The molecular weight excluding hydrogens is 364 g/mol. The van der Waals surface area contributed by atoms with Crippen molar-refractivity contribution in [3.63, 3.8) is 0 Å². The van der Waals surface area contributed by atoms with Crippen LogP contribution in [0.3, 0.4) is 0 Å². The summed E-state index contributed by atoms with van der Waals surface area (Å²) in [5.74, 6) is 0.783. The quantitative estimate of drug-likeness (QED) is 0.519. The van der Waals surface area contributed by atoms with Gasteiger partial charge >= 0.3 is 5.69 Å². The molecule has 1 aromatic carbocycles. The molecule has 0 atom stereocenters. The van der Waals surface area contributed by atoms with Crippen LogP contribution >= 0.6 is 22.7 Å². The lowest BCUT2D eigenvalue weighted by atomic mass is 10.2. The number of hydrogen-bond donors (Lipinski definition) is 0. The van der Waals surface area contributed by atoms with Crippen LogP contribution in [0.1, 0.15) is 24.6 Å². The molecule has 0 aliphatic heterocycles. The van der Waals surface area contributed by atoms with E-state index in [9.17, 15) is 4.79 Å². The molecule has 0 bridgehead atoms. The second-order valence-corrected chi connectivity index (χ2v) is 8.16. The van der Waals surface area contributed by atoms with Crippen LogP contribution in [0.2, 0.25) is 0 Å². The standard InChI is InChI=1S/C19H16N4OS2/c24-19-22(11-14-12-26-18(20-14)13-5-2-1-3-6-13)21-17(16-7-4-10-25-16)23(19)15-8-9-15/h1-7,10,12,15H,8-9,11H2. The van der Waals surface area contributed by atoms with Crippen LogP contribution in [-0.4, -0.2) is 19.3 Å². The zero-order chi connectivity index (χ0) is 17.5. The van der Waals surface area contributed by atoms with Crippen molar-refractivity contribution in [1.82, 2.24) is 19.3 Å². The zero-order valence-corrected chi connectivity index (χ0v) is 15.5. The average molecular weight is 380 g/mol. The Kier molecular flexibility index (Phi) is 3.83. The van der Waals surface area contributed by atoms with Crippen molar-refractivity contribution in [3.05, 3.63) is 69.4 Å². The van der Waals surface area contributed by atoms with Gasteiger partial charge in [-0.25, -0.2) is 14.5 Å². The highest BCUT2D eigenvalue weighted by atomic mass is 32.1. The Labute approximate surface area is 158 Å². The summed E-state index contributed by atoms with van der Waals surface area (Å²) in [7, 11) is 0. The molecule has 0 N–H and O–H groups in total. The lowest BCUT2D eigenvalue weighted by Crippen LogP contribution is -2.25. The van der Waals surface area contributed by atoms with Crippen molar-refractivity contribution in [1.29, 1.82) is 0 Å². The van der Waals surface area contributed by atoms with E-state index in [1.54, 1.807) is 27.4 Å². The predicted molar refractivity (Wildman–Crippen MR) is 105 cm³/mol. The minimum atomic E-state index is -0.0369. The molecule has 4 aromatic rings. The summed E-state index contributed by atoms with van der Waals surface area (Å²) in [6.45, 7) is 0.403. The SMILES string of the molecule is O=c1n(Cc2csc(-c3ccccc3)n2)nc(-c2cccs2)n1C1CC1. The lowest BCUT2D eigenvalue weighted by molar-refractivity contribution is 0.619. The van der Waals surface area contributed by atoms with Crippen LogP contribution in [0.5, 0.6) is 0 Å². The smallest absolute Gasteiger partial charge is 0.271 e. The highest BCUT2D eigenvalue weighted by Crippen LogP contribution is 2.37. The van der Waals surface area contributed by atoms with Gasteiger partial charge in [0.1, 0.15) is 5.01 Å². The van der Waals surface area contributed by atoms with E-state index in [4.69, 9.17) is 4.98 Å². The number of nitrogens with zero attached hydrogens (tertiary/aromatic N) is 4. The summed E-state index contributed by atoms with van der Waals surface area (Å²) in [6, 6.07) is 14.4. The first-order valence-electron chi connectivity index (χ1n) is 8.52. The predicted octanol–water partition coefficient (Wildman–Crippen LogP) is 4.28. The van der Waals surface area contributed by atoms with Crippen LogP contribution < -0.4 is 5.69 Å². The number of aromatic nitrogens is 4. The Morgan fingerprint density at radius 3 is 2.65 bits per heavy atom. The molecule has 3 heterocycles. The van der Waals surface area contributed by atoms with Gasteiger partial charge in [-0.3, -0.25) is 4.57 Å². The van der Waals surface area contributed by atoms with Crippen LogP contribution in [0.25, 0.3) is 21.3 Å². The number of hydrogen-bond acceptors (Lipinski definition) is 5. The normalized spacial score (nSPS) is 14.0. The van der Waals surface area contributed by atoms with E-state index in [1.807, 2.05) is 57.8 Å². The van der Waals surface area contributed by atoms with Crippen LogP contribution in [-0.2, 0) is 6.54 Å². The molecule has 130 valence electrons. The van der Waals surface area contributed by atoms with Gasteiger partial charge in [-0.05, 0) is 24.3 Å². The third kappa shape index (κ3) is 2.83. The summed E-state index contributed by atoms with van der Waals surface area (Å²) in [4.78, 5) is 18.6. The molecule has 1 saturated carbocycles. The van der Waals surface area contributed by atoms with E-state index in [0.717, 1.165) is 39.8 Å². The maximum absolute atomic E-state index is 12.9. The molecule has 0 radical (unpaired) electrons. The Morgan fingerprint density at radius 1 is 1.08 bits per heavy atom. The fourth-order valence-electron chi connectivity index (χ4n) is 3.01. The van der Waals surface area contributed by atoms with E-state index in [1.165, 1.54) is 0 Å². The molecular formula is C19H16N4OS2. The molecule has 0 unspecified atom stereocenters. The molecule has 0 amide bonds. The first-order valence-corrected chi connectivity index (χ1v) is 10.3. The van der Waals surface area contributed by atoms with Gasteiger partial charge in [0.2, 0.25) is 0 Å². The molecule has 1 fully saturated rings. The van der Waals surface area contributed by atoms with E-state index in [-0.39, 0.29) is 5.69 Å². The Bertz CT molecular complexity index is 1090. The van der Waals surface area contributed by atoms with Gasteiger partial charge in [-0.15, -0.1) is 27.8 Å². The van der Waals surface area contributed by atoms with Crippen LogP contribution in [0, 0.1) is 0 Å². The van der Waals surface area contributed by atoms with Crippen molar-refractivity contribution in [2.24, 2.45) is 0 Å². The number of thiazole rings is 1. The van der Waals surface area contributed by atoms with Gasteiger partial charge in [-0.2, -0.15) is 0 Å². The van der Waals surface area contributed by atoms with E-state index >= 15 is 0 Å². The van der Waals surface area contributed by atoms with Gasteiger partial charge in [0.05, 0.1) is 17.1 Å². The van der Waals surface area contributed by atoms with Gasteiger partial charge in [0, 0.05) is 17.0 Å². The number of benzene rings is 1. The van der Waals surface area contributed by atoms with E-state index < -0.39 is 0 Å². The van der Waals surface area contributed by atoms with Gasteiger partial charge < -0.3 is 0 Å². The first kappa shape index (κ1) is 15.7. The van der Waals surface area contributed by atoms with Crippen LogP contribution in [0.4, 0.5) is 0 Å². The van der Waals surface area contributed by atoms with Gasteiger partial charge in [0.25, 0.3) is 0 Å². The van der Waals surface area contributed by atoms with Crippen molar-refractivity contribution in [2.45, 2.75) is 25.4 Å². The third-order valence-corrected chi connectivity index (χ3v) is 6.21. The minimum absolute atomic E-state index is 0.0369. The molecule has 1 aliphatic rings.